The van der Waals surface area contributed by atoms with Crippen LogP contribution in [-0.4, -0.2) is 11.7 Å². The van der Waals surface area contributed by atoms with Crippen LogP contribution in [0.4, 0.5) is 0 Å². The first-order valence-corrected chi connectivity index (χ1v) is 6.85. The zero-order valence-electron chi connectivity index (χ0n) is 9.52. The first-order valence-electron chi connectivity index (χ1n) is 5.66. The van der Waals surface area contributed by atoms with Gasteiger partial charge in [0.2, 0.25) is 0 Å². The van der Waals surface area contributed by atoms with Crippen molar-refractivity contribution in [2.24, 2.45) is 0 Å². The summed E-state index contributed by atoms with van der Waals surface area (Å²) in [6, 6.07) is 9.33. The number of ether oxygens (including phenoxy) is 1. The lowest BCUT2D eigenvalue weighted by molar-refractivity contribution is 0.310. The normalized spacial score (nSPS) is 17.5. The molecule has 0 saturated carbocycles. The van der Waals surface area contributed by atoms with Gasteiger partial charge in [0.05, 0.1) is 10.4 Å². The molecule has 2 heterocycles. The number of aromatic hydroxyl groups is 1. The van der Waals surface area contributed by atoms with Crippen LogP contribution in [0.5, 0.6) is 11.5 Å². The van der Waals surface area contributed by atoms with Gasteiger partial charge < -0.3 is 15.2 Å². The van der Waals surface area contributed by atoms with Crippen molar-refractivity contribution in [1.29, 1.82) is 0 Å². The summed E-state index contributed by atoms with van der Waals surface area (Å²) >= 11 is 7.47. The smallest absolute Gasteiger partial charge is 0.127 e. The second-order valence-corrected chi connectivity index (χ2v) is 5.97. The van der Waals surface area contributed by atoms with Crippen molar-refractivity contribution in [3.05, 3.63) is 45.1 Å². The molecule has 3 nitrogen and oxygen atoms in total. The maximum absolute atomic E-state index is 9.38. The number of benzene rings is 1. The molecule has 18 heavy (non-hydrogen) atoms. The SMILES string of the molecule is Oc1ccc2c(c1)OCC2NCc1ccc(Cl)s1. The molecule has 0 aliphatic carbocycles. The largest absolute Gasteiger partial charge is 0.508 e. The highest BCUT2D eigenvalue weighted by Gasteiger charge is 2.23. The monoisotopic (exact) mass is 281 g/mol. The minimum absolute atomic E-state index is 0.168. The molecule has 1 atom stereocenters. The van der Waals surface area contributed by atoms with E-state index in [-0.39, 0.29) is 11.8 Å². The fourth-order valence-corrected chi connectivity index (χ4v) is 3.08. The van der Waals surface area contributed by atoms with Crippen molar-refractivity contribution < 1.29 is 9.84 Å². The van der Waals surface area contributed by atoms with Crippen LogP contribution in [0.25, 0.3) is 0 Å². The van der Waals surface area contributed by atoms with Gasteiger partial charge >= 0.3 is 0 Å². The zero-order valence-corrected chi connectivity index (χ0v) is 11.1. The molecule has 1 unspecified atom stereocenters. The molecule has 0 radical (unpaired) electrons. The first kappa shape index (κ1) is 11.8. The number of hydrogen-bond acceptors (Lipinski definition) is 4. The van der Waals surface area contributed by atoms with Crippen molar-refractivity contribution in [1.82, 2.24) is 5.32 Å². The van der Waals surface area contributed by atoms with E-state index in [4.69, 9.17) is 16.3 Å². The van der Waals surface area contributed by atoms with Crippen LogP contribution in [0.2, 0.25) is 4.34 Å². The molecule has 2 N–H and O–H groups in total. The molecular formula is C13H12ClNO2S. The molecule has 2 aromatic rings. The van der Waals surface area contributed by atoms with Gasteiger partial charge in [-0.25, -0.2) is 0 Å². The van der Waals surface area contributed by atoms with Crippen molar-refractivity contribution in [3.63, 3.8) is 0 Å². The molecule has 3 rings (SSSR count). The summed E-state index contributed by atoms with van der Waals surface area (Å²) in [5.41, 5.74) is 1.09. The van der Waals surface area contributed by atoms with E-state index >= 15 is 0 Å². The first-order chi connectivity index (χ1) is 8.72. The maximum atomic E-state index is 9.38. The van der Waals surface area contributed by atoms with Crippen molar-refractivity contribution in [3.8, 4) is 11.5 Å². The minimum atomic E-state index is 0.168. The summed E-state index contributed by atoms with van der Waals surface area (Å²) in [7, 11) is 0. The molecule has 1 aliphatic rings. The number of phenolic OH excluding ortho intramolecular Hbond substituents is 1. The fourth-order valence-electron chi connectivity index (χ4n) is 2.04. The highest BCUT2D eigenvalue weighted by atomic mass is 35.5. The van der Waals surface area contributed by atoms with Gasteiger partial charge in [-0.3, -0.25) is 0 Å². The minimum Gasteiger partial charge on any atom is -0.508 e. The molecule has 0 spiro atoms. The summed E-state index contributed by atoms with van der Waals surface area (Å²) in [5.74, 6) is 0.996. The van der Waals surface area contributed by atoms with Crippen LogP contribution < -0.4 is 10.1 Å². The average Bonchev–Trinajstić information content (AvgIpc) is 2.92. The number of rotatable bonds is 3. The Bertz CT molecular complexity index is 570. The lowest BCUT2D eigenvalue weighted by Gasteiger charge is -2.10. The summed E-state index contributed by atoms with van der Waals surface area (Å²) in [4.78, 5) is 1.20. The van der Waals surface area contributed by atoms with Gasteiger partial charge in [0.25, 0.3) is 0 Å². The van der Waals surface area contributed by atoms with Gasteiger partial charge in [-0.15, -0.1) is 11.3 Å². The molecule has 0 bridgehead atoms. The Kier molecular flexibility index (Phi) is 3.16. The Balaban J connectivity index is 1.69. The van der Waals surface area contributed by atoms with Gasteiger partial charge in [-0.2, -0.15) is 0 Å². The lowest BCUT2D eigenvalue weighted by atomic mass is 10.1. The van der Waals surface area contributed by atoms with Crippen LogP contribution in [0.1, 0.15) is 16.5 Å². The van der Waals surface area contributed by atoms with Crippen LogP contribution in [0.3, 0.4) is 0 Å². The maximum Gasteiger partial charge on any atom is 0.127 e. The quantitative estimate of drug-likeness (QED) is 0.907. The summed E-state index contributed by atoms with van der Waals surface area (Å²) in [6.07, 6.45) is 0. The van der Waals surface area contributed by atoms with Gasteiger partial charge in [-0.1, -0.05) is 11.6 Å². The topological polar surface area (TPSA) is 41.5 Å². The van der Waals surface area contributed by atoms with E-state index in [1.54, 1.807) is 23.5 Å². The number of nitrogens with one attached hydrogen (secondary N) is 1. The second-order valence-electron chi connectivity index (χ2n) is 4.17. The van der Waals surface area contributed by atoms with E-state index in [9.17, 15) is 5.11 Å². The average molecular weight is 282 g/mol. The third kappa shape index (κ3) is 2.32. The van der Waals surface area contributed by atoms with Crippen LogP contribution in [-0.2, 0) is 6.54 Å². The highest BCUT2D eigenvalue weighted by molar-refractivity contribution is 7.16. The van der Waals surface area contributed by atoms with Gasteiger partial charge in [0, 0.05) is 23.1 Å². The number of hydrogen-bond donors (Lipinski definition) is 2. The summed E-state index contributed by atoms with van der Waals surface area (Å²) < 4.78 is 6.35. The van der Waals surface area contributed by atoms with Crippen LogP contribution in [0, 0.1) is 0 Å². The lowest BCUT2D eigenvalue weighted by Crippen LogP contribution is -2.21. The van der Waals surface area contributed by atoms with Gasteiger partial charge in [-0.05, 0) is 24.3 Å². The molecular weight excluding hydrogens is 270 g/mol. The van der Waals surface area contributed by atoms with E-state index in [0.29, 0.717) is 6.61 Å². The van der Waals surface area contributed by atoms with Crippen LogP contribution in [0.15, 0.2) is 30.3 Å². The van der Waals surface area contributed by atoms with E-state index in [1.165, 1.54) is 4.88 Å². The molecule has 1 aromatic heterocycles. The van der Waals surface area contributed by atoms with E-state index in [2.05, 4.69) is 5.32 Å². The molecule has 1 aliphatic heterocycles. The Morgan fingerprint density at radius 2 is 2.28 bits per heavy atom. The Morgan fingerprint density at radius 1 is 1.39 bits per heavy atom. The van der Waals surface area contributed by atoms with Gasteiger partial charge in [0.1, 0.15) is 18.1 Å². The summed E-state index contributed by atoms with van der Waals surface area (Å²) in [6.45, 7) is 1.36. The fraction of sp³-hybridized carbons (Fsp3) is 0.231. The standard InChI is InChI=1S/C13H12ClNO2S/c14-13-4-2-9(18-13)6-15-11-7-17-12-5-8(16)1-3-10(11)12/h1-5,11,15-16H,6-7H2. The number of phenols is 1. The number of thiophene rings is 1. The third-order valence-electron chi connectivity index (χ3n) is 2.93. The molecule has 5 heteroatoms. The van der Waals surface area contributed by atoms with Gasteiger partial charge in [0.15, 0.2) is 0 Å². The molecule has 0 saturated heterocycles. The van der Waals surface area contributed by atoms with E-state index in [1.807, 2.05) is 18.2 Å². The Labute approximate surface area is 114 Å². The van der Waals surface area contributed by atoms with Crippen molar-refractivity contribution >= 4 is 22.9 Å². The van der Waals surface area contributed by atoms with Crippen molar-refractivity contribution in [2.75, 3.05) is 6.61 Å². The molecule has 0 fully saturated rings. The van der Waals surface area contributed by atoms with Crippen LogP contribution >= 0.6 is 22.9 Å². The van der Waals surface area contributed by atoms with E-state index < -0.39 is 0 Å². The molecule has 94 valence electrons. The van der Waals surface area contributed by atoms with E-state index in [0.717, 1.165) is 22.2 Å². The predicted molar refractivity (Wildman–Crippen MR) is 72.5 cm³/mol. The van der Waals surface area contributed by atoms with Crippen molar-refractivity contribution in [2.45, 2.75) is 12.6 Å². The second kappa shape index (κ2) is 4.80. The number of fused-ring (bicyclic) bond motifs is 1. The Hall–Kier alpha value is -1.23. The third-order valence-corrected chi connectivity index (χ3v) is 4.16. The summed E-state index contributed by atoms with van der Waals surface area (Å²) in [5, 5.41) is 12.8. The molecule has 1 aromatic carbocycles. The molecule has 0 amide bonds. The predicted octanol–water partition coefficient (Wildman–Crippen LogP) is 3.33. The number of halogens is 1. The highest BCUT2D eigenvalue weighted by Crippen LogP contribution is 2.35. The zero-order chi connectivity index (χ0) is 12.5. The Morgan fingerprint density at radius 3 is 3.06 bits per heavy atom.